The summed E-state index contributed by atoms with van der Waals surface area (Å²) >= 11 is 0. The van der Waals surface area contributed by atoms with Crippen LogP contribution in [-0.4, -0.2) is 42.5 Å². The molecule has 3 rings (SSSR count). The molecule has 0 fully saturated rings. The van der Waals surface area contributed by atoms with Gasteiger partial charge in [-0.3, -0.25) is 9.59 Å². The monoisotopic (exact) mass is 538 g/mol. The maximum absolute atomic E-state index is 13.6. The molecule has 1 aliphatic rings. The van der Waals surface area contributed by atoms with Gasteiger partial charge in [0.1, 0.15) is 5.82 Å². The molecule has 0 aromatic heterocycles. The van der Waals surface area contributed by atoms with Crippen LogP contribution >= 0.6 is 0 Å². The van der Waals surface area contributed by atoms with Gasteiger partial charge >= 0.3 is 0 Å². The molecule has 0 saturated heterocycles. The van der Waals surface area contributed by atoms with Gasteiger partial charge in [0.05, 0.1) is 19.1 Å². The van der Waals surface area contributed by atoms with Crippen molar-refractivity contribution in [3.63, 3.8) is 0 Å². The molecule has 1 atom stereocenters. The summed E-state index contributed by atoms with van der Waals surface area (Å²) in [6, 6.07) is 14.6. The van der Waals surface area contributed by atoms with E-state index in [4.69, 9.17) is 4.74 Å². The molecule has 0 aliphatic carbocycles. The first-order valence-corrected chi connectivity index (χ1v) is 15.0. The highest BCUT2D eigenvalue weighted by Crippen LogP contribution is 2.25. The molecule has 214 valence electrons. The number of nitrogens with one attached hydrogen (secondary N) is 1. The predicted octanol–water partition coefficient (Wildman–Crippen LogP) is 6.77. The van der Waals surface area contributed by atoms with Crippen molar-refractivity contribution in [2.45, 2.75) is 103 Å². The Morgan fingerprint density at radius 1 is 0.923 bits per heavy atom. The zero-order valence-corrected chi connectivity index (χ0v) is 23.8. The fourth-order valence-electron chi connectivity index (χ4n) is 5.21. The molecule has 5 nitrogen and oxygen atoms in total. The van der Waals surface area contributed by atoms with E-state index >= 15 is 0 Å². The second-order valence-electron chi connectivity index (χ2n) is 10.8. The maximum Gasteiger partial charge on any atom is 0.227 e. The number of fused-ring (bicyclic) bond motifs is 1. The Morgan fingerprint density at radius 3 is 2.38 bits per heavy atom. The zero-order valence-electron chi connectivity index (χ0n) is 23.8. The molecular weight excluding hydrogens is 491 g/mol. The average Bonchev–Trinajstić information content (AvgIpc) is 2.93. The molecule has 2 amide bonds. The van der Waals surface area contributed by atoms with Crippen molar-refractivity contribution >= 4 is 11.8 Å². The average molecular weight is 539 g/mol. The smallest absolute Gasteiger partial charge is 0.227 e. The first-order valence-electron chi connectivity index (χ1n) is 15.0. The zero-order chi connectivity index (χ0) is 27.7. The van der Waals surface area contributed by atoms with Gasteiger partial charge in [-0.15, -0.1) is 0 Å². The molecule has 1 unspecified atom stereocenters. The fraction of sp³-hybridized carbons (Fsp3) is 0.576. The predicted molar refractivity (Wildman–Crippen MR) is 155 cm³/mol. The van der Waals surface area contributed by atoms with Gasteiger partial charge in [0.2, 0.25) is 11.8 Å². The van der Waals surface area contributed by atoms with Crippen LogP contribution in [0.5, 0.6) is 0 Å². The van der Waals surface area contributed by atoms with E-state index in [0.29, 0.717) is 31.7 Å². The van der Waals surface area contributed by atoms with Crippen molar-refractivity contribution in [3.05, 3.63) is 71.0 Å². The van der Waals surface area contributed by atoms with E-state index in [9.17, 15) is 14.0 Å². The highest BCUT2D eigenvalue weighted by atomic mass is 19.1. The van der Waals surface area contributed by atoms with Crippen LogP contribution in [0.4, 0.5) is 4.39 Å². The Balaban J connectivity index is 1.29. The second-order valence-corrected chi connectivity index (χ2v) is 10.8. The Bertz CT molecular complexity index is 1010. The highest BCUT2D eigenvalue weighted by Gasteiger charge is 2.29. The SMILES string of the molecule is CCCCNC(=O)CCCCCCCCCCOCC1Cc2ccccc2CN1C(=O)Cc1cccc(F)c1. The number of rotatable bonds is 18. The van der Waals surface area contributed by atoms with Gasteiger partial charge in [-0.25, -0.2) is 4.39 Å². The molecule has 0 bridgehead atoms. The van der Waals surface area contributed by atoms with E-state index < -0.39 is 0 Å². The minimum atomic E-state index is -0.314. The minimum absolute atomic E-state index is 0.00492. The molecule has 2 aromatic rings. The Kier molecular flexibility index (Phi) is 14.0. The van der Waals surface area contributed by atoms with Gasteiger partial charge in [0, 0.05) is 26.1 Å². The van der Waals surface area contributed by atoms with Gasteiger partial charge in [0.15, 0.2) is 0 Å². The molecule has 1 heterocycles. The lowest BCUT2D eigenvalue weighted by atomic mass is 9.93. The normalized spacial score (nSPS) is 14.7. The third kappa shape index (κ3) is 11.5. The fourth-order valence-corrected chi connectivity index (χ4v) is 5.21. The standard InChI is InChI=1S/C33H47FN2O3/c1-2-3-20-35-32(37)19-10-8-6-4-5-7-9-13-21-39-26-31-24-28-16-11-12-17-29(28)25-36(31)33(38)23-27-15-14-18-30(34)22-27/h11-12,14-18,22,31H,2-10,13,19-21,23-26H2,1H3,(H,35,37). The number of ether oxygens (including phenoxy) is 1. The summed E-state index contributed by atoms with van der Waals surface area (Å²) in [5, 5.41) is 2.98. The van der Waals surface area contributed by atoms with E-state index in [1.54, 1.807) is 12.1 Å². The van der Waals surface area contributed by atoms with Crippen molar-refractivity contribution in [2.75, 3.05) is 19.8 Å². The van der Waals surface area contributed by atoms with Crippen LogP contribution in [0.25, 0.3) is 0 Å². The quantitative estimate of drug-likeness (QED) is 0.213. The molecule has 1 N–H and O–H groups in total. The number of nitrogens with zero attached hydrogens (tertiary/aromatic N) is 1. The largest absolute Gasteiger partial charge is 0.379 e. The first-order chi connectivity index (χ1) is 19.1. The van der Waals surface area contributed by atoms with Crippen LogP contribution in [0.1, 0.15) is 94.2 Å². The number of halogens is 1. The molecule has 6 heteroatoms. The van der Waals surface area contributed by atoms with Gasteiger partial charge in [0.25, 0.3) is 0 Å². The van der Waals surface area contributed by atoms with Crippen molar-refractivity contribution in [1.82, 2.24) is 10.2 Å². The van der Waals surface area contributed by atoms with Gasteiger partial charge < -0.3 is 15.0 Å². The van der Waals surface area contributed by atoms with Crippen LogP contribution in [0.2, 0.25) is 0 Å². The summed E-state index contributed by atoms with van der Waals surface area (Å²) in [6.07, 6.45) is 12.9. The van der Waals surface area contributed by atoms with Crippen molar-refractivity contribution in [3.8, 4) is 0 Å². The summed E-state index contributed by atoms with van der Waals surface area (Å²) in [4.78, 5) is 26.8. The molecule has 0 radical (unpaired) electrons. The number of carbonyl (C=O) groups excluding carboxylic acids is 2. The third-order valence-corrected chi connectivity index (χ3v) is 7.53. The van der Waals surface area contributed by atoms with Gasteiger partial charge in [-0.05, 0) is 54.5 Å². The van der Waals surface area contributed by atoms with Crippen molar-refractivity contribution in [1.29, 1.82) is 0 Å². The number of hydrogen-bond acceptors (Lipinski definition) is 3. The molecule has 0 saturated carbocycles. The number of carbonyl (C=O) groups is 2. The van der Waals surface area contributed by atoms with Crippen molar-refractivity contribution < 1.29 is 18.7 Å². The topological polar surface area (TPSA) is 58.6 Å². The molecule has 1 aliphatic heterocycles. The van der Waals surface area contributed by atoms with Crippen LogP contribution < -0.4 is 5.32 Å². The molecule has 2 aromatic carbocycles. The maximum atomic E-state index is 13.6. The van der Waals surface area contributed by atoms with E-state index in [2.05, 4.69) is 24.4 Å². The summed E-state index contributed by atoms with van der Waals surface area (Å²) in [6.45, 7) is 4.74. The molecule has 39 heavy (non-hydrogen) atoms. The minimum Gasteiger partial charge on any atom is -0.379 e. The summed E-state index contributed by atoms with van der Waals surface area (Å²) < 4.78 is 19.7. The summed E-state index contributed by atoms with van der Waals surface area (Å²) in [5.74, 6) is -0.104. The van der Waals surface area contributed by atoms with Crippen LogP contribution in [0.15, 0.2) is 48.5 Å². The Hall–Kier alpha value is -2.73. The lowest BCUT2D eigenvalue weighted by molar-refractivity contribution is -0.135. The number of benzene rings is 2. The summed E-state index contributed by atoms with van der Waals surface area (Å²) in [5.41, 5.74) is 3.15. The van der Waals surface area contributed by atoms with Crippen LogP contribution in [0, 0.1) is 5.82 Å². The van der Waals surface area contributed by atoms with Crippen LogP contribution in [-0.2, 0) is 33.7 Å². The lowest BCUT2D eigenvalue weighted by Gasteiger charge is -2.37. The van der Waals surface area contributed by atoms with E-state index in [1.165, 1.54) is 48.9 Å². The van der Waals surface area contributed by atoms with E-state index in [0.717, 1.165) is 51.5 Å². The lowest BCUT2D eigenvalue weighted by Crippen LogP contribution is -2.47. The number of unbranched alkanes of at least 4 members (excludes halogenated alkanes) is 8. The number of hydrogen-bond donors (Lipinski definition) is 1. The third-order valence-electron chi connectivity index (χ3n) is 7.53. The molecular formula is C33H47FN2O3. The van der Waals surface area contributed by atoms with Crippen LogP contribution in [0.3, 0.4) is 0 Å². The first kappa shape index (κ1) is 30.8. The van der Waals surface area contributed by atoms with Crippen molar-refractivity contribution in [2.24, 2.45) is 0 Å². The summed E-state index contributed by atoms with van der Waals surface area (Å²) in [7, 11) is 0. The number of amides is 2. The Labute approximate surface area is 234 Å². The van der Waals surface area contributed by atoms with E-state index in [-0.39, 0.29) is 30.1 Å². The van der Waals surface area contributed by atoms with E-state index in [1.807, 2.05) is 17.0 Å². The van der Waals surface area contributed by atoms with Gasteiger partial charge in [-0.1, -0.05) is 88.3 Å². The Morgan fingerprint density at radius 2 is 1.64 bits per heavy atom. The van der Waals surface area contributed by atoms with Gasteiger partial charge in [-0.2, -0.15) is 0 Å². The second kappa shape index (κ2) is 17.8. The molecule has 0 spiro atoms. The highest BCUT2D eigenvalue weighted by molar-refractivity contribution is 5.79.